The fourth-order valence-corrected chi connectivity index (χ4v) is 3.90. The fourth-order valence-electron chi connectivity index (χ4n) is 3.90. The second-order valence-electron chi connectivity index (χ2n) is 7.51. The van der Waals surface area contributed by atoms with Crippen molar-refractivity contribution in [1.82, 2.24) is 15.1 Å². The first-order valence-electron chi connectivity index (χ1n) is 9.59. The summed E-state index contributed by atoms with van der Waals surface area (Å²) in [5.41, 5.74) is 0.377. The van der Waals surface area contributed by atoms with E-state index >= 15 is 0 Å². The summed E-state index contributed by atoms with van der Waals surface area (Å²) in [7, 11) is 0. The van der Waals surface area contributed by atoms with Gasteiger partial charge in [0, 0.05) is 37.8 Å². The van der Waals surface area contributed by atoms with E-state index in [9.17, 15) is 14.0 Å². The number of nitrogens with zero attached hydrogens (tertiary/aromatic N) is 2. The highest BCUT2D eigenvalue weighted by molar-refractivity contribution is 5.94. The maximum Gasteiger partial charge on any atom is 0.254 e. The summed E-state index contributed by atoms with van der Waals surface area (Å²) < 4.78 is 13.3. The van der Waals surface area contributed by atoms with Crippen LogP contribution < -0.4 is 5.32 Å². The maximum absolute atomic E-state index is 13.3. The SMILES string of the molecule is C[C@H]1CCCC[C@@H]1NC(=O)CN1CCN(C(=O)c2cccc(F)c2)CC1. The second-order valence-corrected chi connectivity index (χ2v) is 7.51. The number of nitrogens with one attached hydrogen (secondary N) is 1. The van der Waals surface area contributed by atoms with Crippen LogP contribution in [0.15, 0.2) is 24.3 Å². The van der Waals surface area contributed by atoms with Crippen molar-refractivity contribution in [2.24, 2.45) is 5.92 Å². The van der Waals surface area contributed by atoms with Crippen LogP contribution in [-0.2, 0) is 4.79 Å². The minimum Gasteiger partial charge on any atom is -0.352 e. The van der Waals surface area contributed by atoms with Crippen LogP contribution in [0.3, 0.4) is 0 Å². The number of benzene rings is 1. The van der Waals surface area contributed by atoms with Crippen molar-refractivity contribution in [3.05, 3.63) is 35.6 Å². The largest absolute Gasteiger partial charge is 0.352 e. The Morgan fingerprint density at radius 3 is 2.58 bits per heavy atom. The standard InChI is InChI=1S/C20H28FN3O2/c1-15-5-2-3-8-18(15)22-19(25)14-23-9-11-24(12-10-23)20(26)16-6-4-7-17(21)13-16/h4,6-7,13,15,18H,2-3,5,8-12,14H2,1H3,(H,22,25)/t15-,18-/m0/s1. The molecule has 0 bridgehead atoms. The van der Waals surface area contributed by atoms with Crippen LogP contribution in [0, 0.1) is 11.7 Å². The molecular weight excluding hydrogens is 333 g/mol. The molecule has 1 heterocycles. The Balaban J connectivity index is 1.44. The summed E-state index contributed by atoms with van der Waals surface area (Å²) in [4.78, 5) is 28.6. The van der Waals surface area contributed by atoms with Crippen molar-refractivity contribution in [2.45, 2.75) is 38.6 Å². The van der Waals surface area contributed by atoms with Gasteiger partial charge in [-0.2, -0.15) is 0 Å². The van der Waals surface area contributed by atoms with Crippen molar-refractivity contribution >= 4 is 11.8 Å². The van der Waals surface area contributed by atoms with E-state index in [1.54, 1.807) is 17.0 Å². The number of hydrogen-bond donors (Lipinski definition) is 1. The first kappa shape index (κ1) is 18.8. The number of amides is 2. The molecule has 1 aromatic carbocycles. The first-order chi connectivity index (χ1) is 12.5. The molecule has 1 saturated heterocycles. The molecule has 0 spiro atoms. The van der Waals surface area contributed by atoms with Crippen LogP contribution in [-0.4, -0.2) is 60.4 Å². The quantitative estimate of drug-likeness (QED) is 0.895. The number of halogens is 1. The average molecular weight is 361 g/mol. The molecule has 1 aliphatic heterocycles. The van der Waals surface area contributed by atoms with E-state index < -0.39 is 5.82 Å². The third kappa shape index (κ3) is 4.81. The van der Waals surface area contributed by atoms with Gasteiger partial charge in [0.25, 0.3) is 5.91 Å². The van der Waals surface area contributed by atoms with Gasteiger partial charge in [0.1, 0.15) is 5.82 Å². The summed E-state index contributed by atoms with van der Waals surface area (Å²) >= 11 is 0. The number of hydrogen-bond acceptors (Lipinski definition) is 3. The van der Waals surface area contributed by atoms with Gasteiger partial charge < -0.3 is 10.2 Å². The van der Waals surface area contributed by atoms with Gasteiger partial charge in [-0.1, -0.05) is 25.8 Å². The maximum atomic E-state index is 13.3. The third-order valence-electron chi connectivity index (χ3n) is 5.56. The molecule has 0 unspecified atom stereocenters. The van der Waals surface area contributed by atoms with E-state index in [1.807, 2.05) is 0 Å². The highest BCUT2D eigenvalue weighted by atomic mass is 19.1. The van der Waals surface area contributed by atoms with Crippen molar-refractivity contribution < 1.29 is 14.0 Å². The van der Waals surface area contributed by atoms with Gasteiger partial charge in [0.2, 0.25) is 5.91 Å². The van der Waals surface area contributed by atoms with Gasteiger partial charge in [0.15, 0.2) is 0 Å². The minimum absolute atomic E-state index is 0.0775. The van der Waals surface area contributed by atoms with Crippen LogP contribution in [0.2, 0.25) is 0 Å². The van der Waals surface area contributed by atoms with Crippen molar-refractivity contribution in [3.8, 4) is 0 Å². The number of rotatable bonds is 4. The van der Waals surface area contributed by atoms with Gasteiger partial charge in [0.05, 0.1) is 6.54 Å². The Hall–Kier alpha value is -1.95. The predicted octanol–water partition coefficient (Wildman–Crippen LogP) is 2.28. The van der Waals surface area contributed by atoms with Gasteiger partial charge >= 0.3 is 0 Å². The van der Waals surface area contributed by atoms with Crippen molar-refractivity contribution in [1.29, 1.82) is 0 Å². The molecule has 2 aliphatic rings. The lowest BCUT2D eigenvalue weighted by molar-refractivity contribution is -0.123. The number of carbonyl (C=O) groups is 2. The number of carbonyl (C=O) groups excluding carboxylic acids is 2. The topological polar surface area (TPSA) is 52.7 Å². The molecule has 1 aromatic rings. The van der Waals surface area contributed by atoms with Crippen LogP contribution >= 0.6 is 0 Å². The Kier molecular flexibility index (Phi) is 6.25. The van der Waals surface area contributed by atoms with Gasteiger partial charge in [-0.15, -0.1) is 0 Å². The molecule has 1 N–H and O–H groups in total. The molecular formula is C20H28FN3O2. The fraction of sp³-hybridized carbons (Fsp3) is 0.600. The molecule has 2 atom stereocenters. The zero-order valence-electron chi connectivity index (χ0n) is 15.4. The van der Waals surface area contributed by atoms with E-state index in [2.05, 4.69) is 17.1 Å². The van der Waals surface area contributed by atoms with Gasteiger partial charge in [-0.05, 0) is 37.0 Å². The molecule has 0 aromatic heterocycles. The smallest absolute Gasteiger partial charge is 0.254 e. The normalized spacial score (nSPS) is 24.3. The molecule has 2 amide bonds. The van der Waals surface area contributed by atoms with Crippen LogP contribution in [0.4, 0.5) is 4.39 Å². The molecule has 1 aliphatic carbocycles. The zero-order chi connectivity index (χ0) is 18.5. The van der Waals surface area contributed by atoms with Crippen LogP contribution in [0.25, 0.3) is 0 Å². The molecule has 3 rings (SSSR count). The lowest BCUT2D eigenvalue weighted by atomic mass is 9.86. The average Bonchev–Trinajstić information content (AvgIpc) is 2.64. The highest BCUT2D eigenvalue weighted by Gasteiger charge is 2.26. The monoisotopic (exact) mass is 361 g/mol. The molecule has 142 valence electrons. The third-order valence-corrected chi connectivity index (χ3v) is 5.56. The second kappa shape index (κ2) is 8.62. The summed E-state index contributed by atoms with van der Waals surface area (Å²) in [6, 6.07) is 6.09. The first-order valence-corrected chi connectivity index (χ1v) is 9.59. The molecule has 5 nitrogen and oxygen atoms in total. The summed E-state index contributed by atoms with van der Waals surface area (Å²) in [5.74, 6) is 0.0785. The van der Waals surface area contributed by atoms with Crippen LogP contribution in [0.5, 0.6) is 0 Å². The van der Waals surface area contributed by atoms with Gasteiger partial charge in [-0.3, -0.25) is 14.5 Å². The predicted molar refractivity (Wildman–Crippen MR) is 98.3 cm³/mol. The Morgan fingerprint density at radius 2 is 1.88 bits per heavy atom. The molecule has 2 fully saturated rings. The summed E-state index contributed by atoms with van der Waals surface area (Å²) in [6.07, 6.45) is 4.71. The van der Waals surface area contributed by atoms with Crippen LogP contribution in [0.1, 0.15) is 43.0 Å². The summed E-state index contributed by atoms with van der Waals surface area (Å²) in [6.45, 7) is 5.03. The number of piperazine rings is 1. The van der Waals surface area contributed by atoms with E-state index in [0.29, 0.717) is 50.2 Å². The lowest BCUT2D eigenvalue weighted by Crippen LogP contribution is -2.52. The Morgan fingerprint density at radius 1 is 1.15 bits per heavy atom. The van der Waals surface area contributed by atoms with Crippen molar-refractivity contribution in [2.75, 3.05) is 32.7 Å². The molecule has 6 heteroatoms. The molecule has 0 radical (unpaired) electrons. The highest BCUT2D eigenvalue weighted by Crippen LogP contribution is 2.23. The van der Waals surface area contributed by atoms with E-state index in [-0.39, 0.29) is 11.8 Å². The lowest BCUT2D eigenvalue weighted by Gasteiger charge is -2.35. The van der Waals surface area contributed by atoms with Crippen molar-refractivity contribution in [3.63, 3.8) is 0 Å². The van der Waals surface area contributed by atoms with E-state index in [0.717, 1.165) is 6.42 Å². The Labute approximate surface area is 154 Å². The zero-order valence-corrected chi connectivity index (χ0v) is 15.4. The molecule has 26 heavy (non-hydrogen) atoms. The van der Waals surface area contributed by atoms with E-state index in [4.69, 9.17) is 0 Å². The molecule has 1 saturated carbocycles. The Bertz CT molecular complexity index is 644. The minimum atomic E-state index is -0.400. The van der Waals surface area contributed by atoms with Gasteiger partial charge in [-0.25, -0.2) is 4.39 Å². The van der Waals surface area contributed by atoms with E-state index in [1.165, 1.54) is 31.4 Å². The summed E-state index contributed by atoms with van der Waals surface area (Å²) in [5, 5.41) is 3.18.